The van der Waals surface area contributed by atoms with Crippen LogP contribution >= 0.6 is 0 Å². The van der Waals surface area contributed by atoms with Gasteiger partial charge in [-0.2, -0.15) is 0 Å². The van der Waals surface area contributed by atoms with Gasteiger partial charge in [-0.15, -0.1) is 6.58 Å². The Hall–Kier alpha value is -2.63. The molecule has 3 unspecified atom stereocenters. The van der Waals surface area contributed by atoms with Crippen molar-refractivity contribution in [2.45, 2.75) is 45.8 Å². The highest BCUT2D eigenvalue weighted by molar-refractivity contribution is 5.96. The summed E-state index contributed by atoms with van der Waals surface area (Å²) in [7, 11) is 0. The first-order chi connectivity index (χ1) is 15.4. The molecule has 0 radical (unpaired) electrons. The van der Waals surface area contributed by atoms with Crippen LogP contribution in [-0.4, -0.2) is 65.4 Å². The fourth-order valence-electron chi connectivity index (χ4n) is 4.90. The standard InChI is InChI=1S/C27H38N4O/c1-6-16-30-18-21(5)31(19-20(30)4)26(22-12-11-13-23(28)17-22)24-14-9-10-15-25(24)27(32)29(7-2)8-3/h6,9-15,17,20-21,26H,1,7-8,16,18-19,28H2,2-5H3. The molecule has 1 fully saturated rings. The van der Waals surface area contributed by atoms with Gasteiger partial charge in [0.1, 0.15) is 0 Å². The Bertz CT molecular complexity index is 923. The normalized spacial score (nSPS) is 20.6. The van der Waals surface area contributed by atoms with Crippen molar-refractivity contribution in [1.29, 1.82) is 0 Å². The van der Waals surface area contributed by atoms with E-state index in [-0.39, 0.29) is 11.9 Å². The molecule has 0 spiro atoms. The predicted octanol–water partition coefficient (Wildman–Crippen LogP) is 4.42. The molecule has 2 N–H and O–H groups in total. The number of carbonyl (C=O) groups is 1. The number of rotatable bonds is 8. The van der Waals surface area contributed by atoms with Gasteiger partial charge in [-0.1, -0.05) is 36.4 Å². The van der Waals surface area contributed by atoms with E-state index in [1.54, 1.807) is 0 Å². The van der Waals surface area contributed by atoms with Gasteiger partial charge >= 0.3 is 0 Å². The van der Waals surface area contributed by atoms with Crippen LogP contribution in [0.2, 0.25) is 0 Å². The van der Waals surface area contributed by atoms with Crippen LogP contribution in [0.5, 0.6) is 0 Å². The van der Waals surface area contributed by atoms with Crippen molar-refractivity contribution in [2.75, 3.05) is 38.5 Å². The van der Waals surface area contributed by atoms with Crippen LogP contribution in [0.3, 0.4) is 0 Å². The molecule has 1 saturated heterocycles. The van der Waals surface area contributed by atoms with Crippen LogP contribution in [0.4, 0.5) is 5.69 Å². The molecule has 1 aliphatic rings. The van der Waals surface area contributed by atoms with Crippen molar-refractivity contribution in [1.82, 2.24) is 14.7 Å². The first-order valence-corrected chi connectivity index (χ1v) is 11.8. The molecule has 0 saturated carbocycles. The molecule has 5 heteroatoms. The van der Waals surface area contributed by atoms with E-state index in [2.05, 4.69) is 48.4 Å². The number of nitrogen functional groups attached to an aromatic ring is 1. The Morgan fingerprint density at radius 3 is 2.50 bits per heavy atom. The molecule has 0 aromatic heterocycles. The summed E-state index contributed by atoms with van der Waals surface area (Å²) in [4.78, 5) is 20.4. The molecule has 2 aromatic rings. The van der Waals surface area contributed by atoms with Gasteiger partial charge in [-0.3, -0.25) is 14.6 Å². The number of hydrogen-bond acceptors (Lipinski definition) is 4. The van der Waals surface area contributed by atoms with E-state index < -0.39 is 0 Å². The smallest absolute Gasteiger partial charge is 0.254 e. The van der Waals surface area contributed by atoms with E-state index in [9.17, 15) is 4.79 Å². The molecule has 3 rings (SSSR count). The monoisotopic (exact) mass is 434 g/mol. The van der Waals surface area contributed by atoms with E-state index in [1.807, 2.05) is 55.2 Å². The number of amides is 1. The van der Waals surface area contributed by atoms with Gasteiger partial charge in [0, 0.05) is 56.1 Å². The quantitative estimate of drug-likeness (QED) is 0.494. The molecule has 1 heterocycles. The number of nitrogens with zero attached hydrogens (tertiary/aromatic N) is 3. The fraction of sp³-hybridized carbons (Fsp3) is 0.444. The highest BCUT2D eigenvalue weighted by Crippen LogP contribution is 2.36. The van der Waals surface area contributed by atoms with Gasteiger partial charge in [0.25, 0.3) is 5.91 Å². The van der Waals surface area contributed by atoms with Crippen LogP contribution in [0.25, 0.3) is 0 Å². The van der Waals surface area contributed by atoms with Gasteiger partial charge in [0.2, 0.25) is 0 Å². The minimum absolute atomic E-state index is 0.0439. The third-order valence-corrected chi connectivity index (χ3v) is 6.62. The van der Waals surface area contributed by atoms with E-state index in [0.717, 1.165) is 42.0 Å². The van der Waals surface area contributed by atoms with Crippen molar-refractivity contribution < 1.29 is 4.79 Å². The number of piperazine rings is 1. The summed E-state index contributed by atoms with van der Waals surface area (Å²) in [5.41, 5.74) is 9.89. The number of benzene rings is 2. The maximum absolute atomic E-state index is 13.5. The topological polar surface area (TPSA) is 52.8 Å². The zero-order valence-corrected chi connectivity index (χ0v) is 20.0. The summed E-state index contributed by atoms with van der Waals surface area (Å²) in [6.07, 6.45) is 1.98. The van der Waals surface area contributed by atoms with Crippen LogP contribution in [0.1, 0.15) is 55.2 Å². The lowest BCUT2D eigenvalue weighted by Gasteiger charge is -2.47. The zero-order chi connectivity index (χ0) is 23.3. The van der Waals surface area contributed by atoms with Crippen LogP contribution in [0.15, 0.2) is 61.2 Å². The highest BCUT2D eigenvalue weighted by Gasteiger charge is 2.36. The molecule has 3 atom stereocenters. The van der Waals surface area contributed by atoms with Crippen LogP contribution in [-0.2, 0) is 0 Å². The van der Waals surface area contributed by atoms with Gasteiger partial charge in [-0.25, -0.2) is 0 Å². The third-order valence-electron chi connectivity index (χ3n) is 6.62. The summed E-state index contributed by atoms with van der Waals surface area (Å²) in [5, 5.41) is 0. The maximum atomic E-state index is 13.5. The van der Waals surface area contributed by atoms with Gasteiger partial charge in [-0.05, 0) is 57.0 Å². The van der Waals surface area contributed by atoms with Crippen molar-refractivity contribution >= 4 is 11.6 Å². The molecule has 32 heavy (non-hydrogen) atoms. The van der Waals surface area contributed by atoms with Crippen molar-refractivity contribution in [3.8, 4) is 0 Å². The molecule has 5 nitrogen and oxygen atoms in total. The summed E-state index contributed by atoms with van der Waals surface area (Å²) >= 11 is 0. The SMILES string of the molecule is C=CCN1CC(C)N(C(c2cccc(N)c2)c2ccccc2C(=O)N(CC)CC)CC1C. The lowest BCUT2D eigenvalue weighted by molar-refractivity contribution is 0.0303. The van der Waals surface area contributed by atoms with E-state index >= 15 is 0 Å². The average Bonchev–Trinajstić information content (AvgIpc) is 2.78. The number of hydrogen-bond donors (Lipinski definition) is 1. The second kappa shape index (κ2) is 10.8. The van der Waals surface area contributed by atoms with Crippen molar-refractivity contribution in [3.63, 3.8) is 0 Å². The lowest BCUT2D eigenvalue weighted by atomic mass is 9.89. The number of anilines is 1. The largest absolute Gasteiger partial charge is 0.399 e. The Morgan fingerprint density at radius 1 is 1.12 bits per heavy atom. The summed E-state index contributed by atoms with van der Waals surface area (Å²) in [6.45, 7) is 16.7. The number of carbonyl (C=O) groups excluding carboxylic acids is 1. The molecule has 0 bridgehead atoms. The zero-order valence-electron chi connectivity index (χ0n) is 20.0. The molecular formula is C27H38N4O. The molecule has 1 aliphatic heterocycles. The number of nitrogens with two attached hydrogens (primary N) is 1. The van der Waals surface area contributed by atoms with Gasteiger partial charge < -0.3 is 10.6 Å². The van der Waals surface area contributed by atoms with Crippen LogP contribution < -0.4 is 5.73 Å². The van der Waals surface area contributed by atoms with Crippen LogP contribution in [0, 0.1) is 0 Å². The first-order valence-electron chi connectivity index (χ1n) is 11.8. The summed E-state index contributed by atoms with van der Waals surface area (Å²) in [6, 6.07) is 16.8. The second-order valence-corrected chi connectivity index (χ2v) is 8.77. The van der Waals surface area contributed by atoms with Gasteiger partial charge in [0.15, 0.2) is 0 Å². The second-order valence-electron chi connectivity index (χ2n) is 8.77. The Labute approximate surface area is 193 Å². The maximum Gasteiger partial charge on any atom is 0.254 e. The Balaban J connectivity index is 2.10. The average molecular weight is 435 g/mol. The molecule has 0 aliphatic carbocycles. The molecular weight excluding hydrogens is 396 g/mol. The first kappa shape index (κ1) is 24.0. The van der Waals surface area contributed by atoms with E-state index in [4.69, 9.17) is 5.73 Å². The lowest BCUT2D eigenvalue weighted by Crippen LogP contribution is -2.57. The van der Waals surface area contributed by atoms with Crippen molar-refractivity contribution in [3.05, 3.63) is 77.9 Å². The Morgan fingerprint density at radius 2 is 1.84 bits per heavy atom. The fourth-order valence-corrected chi connectivity index (χ4v) is 4.90. The molecule has 2 aromatic carbocycles. The molecule has 1 amide bonds. The highest BCUT2D eigenvalue weighted by atomic mass is 16.2. The Kier molecular flexibility index (Phi) is 8.10. The minimum Gasteiger partial charge on any atom is -0.399 e. The van der Waals surface area contributed by atoms with E-state index in [0.29, 0.717) is 25.2 Å². The van der Waals surface area contributed by atoms with Gasteiger partial charge in [0.05, 0.1) is 6.04 Å². The minimum atomic E-state index is -0.0439. The van der Waals surface area contributed by atoms with E-state index in [1.165, 1.54) is 0 Å². The summed E-state index contributed by atoms with van der Waals surface area (Å²) in [5.74, 6) is 0.0884. The third kappa shape index (κ3) is 5.05. The summed E-state index contributed by atoms with van der Waals surface area (Å²) < 4.78 is 0. The predicted molar refractivity (Wildman–Crippen MR) is 134 cm³/mol. The van der Waals surface area contributed by atoms with Crippen molar-refractivity contribution in [2.24, 2.45) is 0 Å². The molecule has 172 valence electrons.